The molecule has 0 amide bonds. The summed E-state index contributed by atoms with van der Waals surface area (Å²) < 4.78 is 5.07. The number of hydrogen-bond acceptors (Lipinski definition) is 4. The second-order valence-corrected chi connectivity index (χ2v) is 5.80. The molecular formula is C15H30IN5O. The van der Waals surface area contributed by atoms with Crippen molar-refractivity contribution in [2.45, 2.75) is 66.5 Å². The highest BCUT2D eigenvalue weighted by molar-refractivity contribution is 14.0. The van der Waals surface area contributed by atoms with Crippen LogP contribution in [0.1, 0.15) is 58.7 Å². The molecule has 0 radical (unpaired) electrons. The Balaban J connectivity index is 0.00000441. The van der Waals surface area contributed by atoms with Gasteiger partial charge < -0.3 is 15.2 Å². The van der Waals surface area contributed by atoms with Crippen LogP contribution in [0.5, 0.6) is 0 Å². The first-order valence-corrected chi connectivity index (χ1v) is 7.85. The number of aromatic nitrogens is 2. The maximum absolute atomic E-state index is 5.07. The summed E-state index contributed by atoms with van der Waals surface area (Å²) in [7, 11) is 0. The number of hydrogen-bond donors (Lipinski definition) is 2. The second-order valence-electron chi connectivity index (χ2n) is 5.80. The van der Waals surface area contributed by atoms with E-state index in [0.717, 1.165) is 24.8 Å². The Morgan fingerprint density at radius 3 is 2.55 bits per heavy atom. The maximum atomic E-state index is 5.07. The lowest BCUT2D eigenvalue weighted by Gasteiger charge is -2.18. The highest BCUT2D eigenvalue weighted by Crippen LogP contribution is 2.08. The van der Waals surface area contributed by atoms with Crippen molar-refractivity contribution in [2.24, 2.45) is 10.9 Å². The maximum Gasteiger partial charge on any atom is 0.248 e. The average Bonchev–Trinajstić information content (AvgIpc) is 2.81. The highest BCUT2D eigenvalue weighted by Gasteiger charge is 2.07. The Labute approximate surface area is 150 Å². The van der Waals surface area contributed by atoms with Crippen molar-refractivity contribution in [3.8, 4) is 0 Å². The van der Waals surface area contributed by atoms with Crippen molar-refractivity contribution in [1.82, 2.24) is 20.8 Å². The second kappa shape index (κ2) is 11.7. The van der Waals surface area contributed by atoms with Crippen molar-refractivity contribution < 1.29 is 4.52 Å². The van der Waals surface area contributed by atoms with Crippen molar-refractivity contribution in [3.05, 3.63) is 11.7 Å². The smallest absolute Gasteiger partial charge is 0.248 e. The van der Waals surface area contributed by atoms with Crippen molar-refractivity contribution in [3.63, 3.8) is 0 Å². The summed E-state index contributed by atoms with van der Waals surface area (Å²) in [5.74, 6) is 2.74. The van der Waals surface area contributed by atoms with Gasteiger partial charge in [-0.3, -0.25) is 0 Å². The van der Waals surface area contributed by atoms with E-state index in [2.05, 4.69) is 53.5 Å². The lowest BCUT2D eigenvalue weighted by atomic mass is 10.0. The fourth-order valence-corrected chi connectivity index (χ4v) is 2.01. The van der Waals surface area contributed by atoms with Gasteiger partial charge in [-0.05, 0) is 33.1 Å². The molecule has 1 rings (SSSR count). The number of aliphatic imine (C=N–C) groups is 1. The molecule has 6 nitrogen and oxygen atoms in total. The first-order valence-electron chi connectivity index (χ1n) is 7.85. The van der Waals surface area contributed by atoms with Gasteiger partial charge in [-0.15, -0.1) is 24.0 Å². The zero-order valence-electron chi connectivity index (χ0n) is 14.3. The lowest BCUT2D eigenvalue weighted by Crippen LogP contribution is -2.42. The van der Waals surface area contributed by atoms with E-state index in [9.17, 15) is 0 Å². The Kier molecular flexibility index (Phi) is 11.2. The zero-order valence-corrected chi connectivity index (χ0v) is 16.7. The van der Waals surface area contributed by atoms with Gasteiger partial charge in [-0.1, -0.05) is 31.8 Å². The monoisotopic (exact) mass is 423 g/mol. The molecule has 7 heteroatoms. The van der Waals surface area contributed by atoms with Gasteiger partial charge in [0.05, 0.1) is 0 Å². The molecule has 0 saturated heterocycles. The van der Waals surface area contributed by atoms with E-state index in [1.165, 1.54) is 12.8 Å². The van der Waals surface area contributed by atoms with E-state index in [1.807, 2.05) is 0 Å². The van der Waals surface area contributed by atoms with Gasteiger partial charge in [0.15, 0.2) is 11.8 Å². The van der Waals surface area contributed by atoms with Crippen molar-refractivity contribution >= 4 is 29.9 Å². The average molecular weight is 423 g/mol. The van der Waals surface area contributed by atoms with Gasteiger partial charge in [0.25, 0.3) is 0 Å². The molecule has 0 aliphatic carbocycles. The van der Waals surface area contributed by atoms with Gasteiger partial charge in [0, 0.05) is 12.6 Å². The molecule has 1 aromatic rings. The molecular weight excluding hydrogens is 393 g/mol. The van der Waals surface area contributed by atoms with Crippen LogP contribution in [-0.2, 0) is 6.54 Å². The molecule has 128 valence electrons. The van der Waals surface area contributed by atoms with E-state index in [4.69, 9.17) is 4.52 Å². The van der Waals surface area contributed by atoms with Crippen LogP contribution < -0.4 is 10.6 Å². The molecule has 22 heavy (non-hydrogen) atoms. The fourth-order valence-electron chi connectivity index (χ4n) is 2.01. The molecule has 0 aliphatic heterocycles. The van der Waals surface area contributed by atoms with E-state index in [0.29, 0.717) is 24.3 Å². The minimum Gasteiger partial charge on any atom is -0.357 e. The molecule has 1 unspecified atom stereocenters. The molecule has 0 aliphatic rings. The largest absolute Gasteiger partial charge is 0.357 e. The van der Waals surface area contributed by atoms with Crippen molar-refractivity contribution in [2.75, 3.05) is 6.54 Å². The minimum absolute atomic E-state index is 0. The van der Waals surface area contributed by atoms with Crippen LogP contribution in [0.2, 0.25) is 0 Å². The number of guanidine groups is 1. The summed E-state index contributed by atoms with van der Waals surface area (Å²) in [5.41, 5.74) is 0. The van der Waals surface area contributed by atoms with Gasteiger partial charge in [0.2, 0.25) is 5.89 Å². The molecule has 0 aromatic carbocycles. The fraction of sp³-hybridized carbons (Fsp3) is 0.800. The quantitative estimate of drug-likeness (QED) is 0.382. The van der Waals surface area contributed by atoms with Gasteiger partial charge in [-0.25, -0.2) is 4.99 Å². The Hall–Kier alpha value is -0.860. The molecule has 1 aromatic heterocycles. The Bertz CT molecular complexity index is 433. The summed E-state index contributed by atoms with van der Waals surface area (Å²) in [6, 6.07) is 0.394. The van der Waals surface area contributed by atoms with E-state index >= 15 is 0 Å². The van der Waals surface area contributed by atoms with E-state index in [-0.39, 0.29) is 24.0 Å². The normalized spacial score (nSPS) is 12.9. The number of halogens is 1. The molecule has 0 fully saturated rings. The predicted octanol–water partition coefficient (Wildman–Crippen LogP) is 3.27. The third-order valence-electron chi connectivity index (χ3n) is 3.09. The number of nitrogens with one attached hydrogen (secondary N) is 2. The van der Waals surface area contributed by atoms with Crippen LogP contribution in [0.4, 0.5) is 0 Å². The molecule has 2 N–H and O–H groups in total. The van der Waals surface area contributed by atoms with Gasteiger partial charge >= 0.3 is 0 Å². The van der Waals surface area contributed by atoms with Crippen LogP contribution in [0.25, 0.3) is 0 Å². The topological polar surface area (TPSA) is 75.3 Å². The number of nitrogens with zero attached hydrogens (tertiary/aromatic N) is 3. The van der Waals surface area contributed by atoms with Crippen LogP contribution >= 0.6 is 24.0 Å². The Morgan fingerprint density at radius 2 is 2.00 bits per heavy atom. The lowest BCUT2D eigenvalue weighted by molar-refractivity contribution is 0.376. The summed E-state index contributed by atoms with van der Waals surface area (Å²) in [6.07, 6.45) is 3.64. The highest BCUT2D eigenvalue weighted by atomic mass is 127. The summed E-state index contributed by atoms with van der Waals surface area (Å²) in [6.45, 7) is 11.8. The van der Waals surface area contributed by atoms with Gasteiger partial charge in [0.1, 0.15) is 6.54 Å². The van der Waals surface area contributed by atoms with Crippen LogP contribution in [-0.4, -0.2) is 28.7 Å². The first-order chi connectivity index (χ1) is 10.0. The third kappa shape index (κ3) is 9.22. The summed E-state index contributed by atoms with van der Waals surface area (Å²) >= 11 is 0. The SMILES string of the molecule is CCNC(=NCc1nc(C)no1)NC(C)CCCC(C)C.I. The first kappa shape index (κ1) is 21.1. The standard InChI is InChI=1S/C15H29N5O.HI/c1-6-16-15(17-10-14-19-13(5)20-21-14)18-12(4)9-7-8-11(2)3;/h11-12H,6-10H2,1-5H3,(H2,16,17,18);1H. The van der Waals surface area contributed by atoms with Gasteiger partial charge in [-0.2, -0.15) is 4.98 Å². The predicted molar refractivity (Wildman–Crippen MR) is 101 cm³/mol. The third-order valence-corrected chi connectivity index (χ3v) is 3.09. The van der Waals surface area contributed by atoms with E-state index in [1.54, 1.807) is 6.92 Å². The van der Waals surface area contributed by atoms with E-state index < -0.39 is 0 Å². The number of rotatable bonds is 8. The molecule has 1 heterocycles. The summed E-state index contributed by atoms with van der Waals surface area (Å²) in [4.78, 5) is 8.63. The Morgan fingerprint density at radius 1 is 1.27 bits per heavy atom. The van der Waals surface area contributed by atoms with Crippen LogP contribution in [0.15, 0.2) is 9.52 Å². The summed E-state index contributed by atoms with van der Waals surface area (Å²) in [5, 5.41) is 10.4. The molecule has 0 spiro atoms. The molecule has 1 atom stereocenters. The molecule has 0 saturated carbocycles. The number of aryl methyl sites for hydroxylation is 1. The molecule has 0 bridgehead atoms. The van der Waals surface area contributed by atoms with Crippen molar-refractivity contribution in [1.29, 1.82) is 0 Å². The zero-order chi connectivity index (χ0) is 15.7. The van der Waals surface area contributed by atoms with Crippen LogP contribution in [0.3, 0.4) is 0 Å². The van der Waals surface area contributed by atoms with Crippen LogP contribution in [0, 0.1) is 12.8 Å². The minimum atomic E-state index is 0.